The zero-order valence-electron chi connectivity index (χ0n) is 10.0. The topological polar surface area (TPSA) is 66.5 Å². The van der Waals surface area contributed by atoms with E-state index in [0.717, 1.165) is 5.56 Å². The van der Waals surface area contributed by atoms with Gasteiger partial charge < -0.3 is 15.9 Å². The average molecular weight is 235 g/mol. The van der Waals surface area contributed by atoms with E-state index in [2.05, 4.69) is 6.58 Å². The summed E-state index contributed by atoms with van der Waals surface area (Å²) in [7, 11) is 0. The highest BCUT2D eigenvalue weighted by molar-refractivity contribution is 5.23. The molecule has 0 aliphatic rings. The monoisotopic (exact) mass is 235 g/mol. The first-order valence-electron chi connectivity index (χ1n) is 5.86. The lowest BCUT2D eigenvalue weighted by atomic mass is 9.73. The van der Waals surface area contributed by atoms with E-state index in [9.17, 15) is 10.2 Å². The molecular formula is C14H21NO2. The average Bonchev–Trinajstić information content (AvgIpc) is 2.38. The lowest BCUT2D eigenvalue weighted by Gasteiger charge is -2.36. The maximum absolute atomic E-state index is 9.17. The summed E-state index contributed by atoms with van der Waals surface area (Å²) in [5, 5.41) is 18.3. The zero-order valence-corrected chi connectivity index (χ0v) is 10.0. The Labute approximate surface area is 103 Å². The highest BCUT2D eigenvalue weighted by atomic mass is 16.3. The van der Waals surface area contributed by atoms with Crippen molar-refractivity contribution in [3.63, 3.8) is 0 Å². The number of nitrogens with two attached hydrogens (primary N) is 1. The standard InChI is InChI=1S/C14H21NO2/c1-2-14(8-10-16,9-11-17)13(15)12-6-4-3-5-7-12/h2-7,13,16-17H,1,8-11,15H2. The Morgan fingerprint density at radius 3 is 2.12 bits per heavy atom. The van der Waals surface area contributed by atoms with Gasteiger partial charge in [0.2, 0.25) is 0 Å². The van der Waals surface area contributed by atoms with Gasteiger partial charge in [-0.05, 0) is 18.4 Å². The molecule has 0 amide bonds. The van der Waals surface area contributed by atoms with Crippen molar-refractivity contribution >= 4 is 0 Å². The predicted molar refractivity (Wildman–Crippen MR) is 69.4 cm³/mol. The molecule has 94 valence electrons. The first-order chi connectivity index (χ1) is 8.20. The van der Waals surface area contributed by atoms with Gasteiger partial charge in [-0.1, -0.05) is 36.4 Å². The van der Waals surface area contributed by atoms with Gasteiger partial charge in [-0.15, -0.1) is 6.58 Å². The Morgan fingerprint density at radius 2 is 1.71 bits per heavy atom. The van der Waals surface area contributed by atoms with E-state index in [1.807, 2.05) is 30.3 Å². The summed E-state index contributed by atoms with van der Waals surface area (Å²) in [4.78, 5) is 0. The van der Waals surface area contributed by atoms with E-state index in [0.29, 0.717) is 12.8 Å². The van der Waals surface area contributed by atoms with E-state index >= 15 is 0 Å². The van der Waals surface area contributed by atoms with Crippen LogP contribution in [0.5, 0.6) is 0 Å². The molecule has 3 heteroatoms. The lowest BCUT2D eigenvalue weighted by Crippen LogP contribution is -2.34. The Morgan fingerprint density at radius 1 is 1.18 bits per heavy atom. The Bertz CT molecular complexity index is 331. The summed E-state index contributed by atoms with van der Waals surface area (Å²) >= 11 is 0. The van der Waals surface area contributed by atoms with E-state index in [4.69, 9.17) is 5.73 Å². The third-order valence-corrected chi connectivity index (χ3v) is 3.34. The second-order valence-corrected chi connectivity index (χ2v) is 4.27. The summed E-state index contributed by atoms with van der Waals surface area (Å²) in [6.45, 7) is 3.88. The number of rotatable bonds is 7. The highest BCUT2D eigenvalue weighted by Gasteiger charge is 2.33. The van der Waals surface area contributed by atoms with Crippen LogP contribution in [0.1, 0.15) is 24.4 Å². The minimum atomic E-state index is -0.454. The van der Waals surface area contributed by atoms with Gasteiger partial charge in [-0.2, -0.15) is 0 Å². The molecule has 3 nitrogen and oxygen atoms in total. The number of benzene rings is 1. The fraction of sp³-hybridized carbons (Fsp3) is 0.429. The maximum Gasteiger partial charge on any atom is 0.0440 e. The van der Waals surface area contributed by atoms with Crippen LogP contribution in [0.3, 0.4) is 0 Å². The van der Waals surface area contributed by atoms with Gasteiger partial charge in [0.1, 0.15) is 0 Å². The van der Waals surface area contributed by atoms with Crippen molar-refractivity contribution in [1.82, 2.24) is 0 Å². The van der Waals surface area contributed by atoms with Crippen LogP contribution in [0.2, 0.25) is 0 Å². The van der Waals surface area contributed by atoms with Gasteiger partial charge >= 0.3 is 0 Å². The molecule has 4 N–H and O–H groups in total. The molecule has 0 saturated heterocycles. The normalized spacial score (nSPS) is 13.4. The number of hydrogen-bond donors (Lipinski definition) is 3. The van der Waals surface area contributed by atoms with E-state index < -0.39 is 5.41 Å². The highest BCUT2D eigenvalue weighted by Crippen LogP contribution is 2.39. The number of aliphatic hydroxyl groups is 2. The molecule has 0 bridgehead atoms. The van der Waals surface area contributed by atoms with E-state index in [1.165, 1.54) is 0 Å². The van der Waals surface area contributed by atoms with E-state index in [1.54, 1.807) is 6.08 Å². The molecule has 0 aromatic heterocycles. The van der Waals surface area contributed by atoms with Crippen molar-refractivity contribution in [2.75, 3.05) is 13.2 Å². The van der Waals surface area contributed by atoms with E-state index in [-0.39, 0.29) is 19.3 Å². The molecule has 0 heterocycles. The molecule has 0 aliphatic heterocycles. The minimum Gasteiger partial charge on any atom is -0.396 e. The van der Waals surface area contributed by atoms with Crippen molar-refractivity contribution in [1.29, 1.82) is 0 Å². The van der Waals surface area contributed by atoms with Crippen molar-refractivity contribution in [2.45, 2.75) is 18.9 Å². The van der Waals surface area contributed by atoms with Crippen LogP contribution in [0, 0.1) is 5.41 Å². The van der Waals surface area contributed by atoms with Crippen molar-refractivity contribution in [3.8, 4) is 0 Å². The first-order valence-corrected chi connectivity index (χ1v) is 5.86. The van der Waals surface area contributed by atoms with Crippen LogP contribution in [-0.2, 0) is 0 Å². The molecule has 1 unspecified atom stereocenters. The van der Waals surface area contributed by atoms with Crippen LogP contribution in [0.15, 0.2) is 43.0 Å². The molecule has 1 atom stereocenters. The summed E-state index contributed by atoms with van der Waals surface area (Å²) in [6, 6.07) is 9.45. The molecule has 0 spiro atoms. The molecular weight excluding hydrogens is 214 g/mol. The number of hydrogen-bond acceptors (Lipinski definition) is 3. The third-order valence-electron chi connectivity index (χ3n) is 3.34. The molecule has 1 aromatic carbocycles. The molecule has 0 aliphatic carbocycles. The Hall–Kier alpha value is -1.16. The van der Waals surface area contributed by atoms with Crippen molar-refractivity contribution in [2.24, 2.45) is 11.1 Å². The maximum atomic E-state index is 9.17. The van der Waals surface area contributed by atoms with Gasteiger partial charge in [-0.3, -0.25) is 0 Å². The summed E-state index contributed by atoms with van der Waals surface area (Å²) in [5.74, 6) is 0. The van der Waals surface area contributed by atoms with Gasteiger partial charge in [0.05, 0.1) is 0 Å². The second-order valence-electron chi connectivity index (χ2n) is 4.27. The summed E-state index contributed by atoms with van der Waals surface area (Å²) in [5.41, 5.74) is 6.80. The first kappa shape index (κ1) is 13.9. The largest absolute Gasteiger partial charge is 0.396 e. The van der Waals surface area contributed by atoms with Crippen LogP contribution in [-0.4, -0.2) is 23.4 Å². The molecule has 0 radical (unpaired) electrons. The second kappa shape index (κ2) is 6.55. The van der Waals surface area contributed by atoms with Gasteiger partial charge in [0.25, 0.3) is 0 Å². The summed E-state index contributed by atoms with van der Waals surface area (Å²) in [6.07, 6.45) is 2.78. The molecule has 0 saturated carbocycles. The van der Waals surface area contributed by atoms with Crippen LogP contribution >= 0.6 is 0 Å². The Balaban J connectivity index is 3.00. The minimum absolute atomic E-state index is 0.0343. The van der Waals surface area contributed by atoms with Crippen LogP contribution < -0.4 is 5.73 Å². The quantitative estimate of drug-likeness (QED) is 0.629. The van der Waals surface area contributed by atoms with Crippen LogP contribution in [0.25, 0.3) is 0 Å². The SMILES string of the molecule is C=CC(CCO)(CCO)C(N)c1ccccc1. The molecule has 17 heavy (non-hydrogen) atoms. The molecule has 1 rings (SSSR count). The number of aliphatic hydroxyl groups excluding tert-OH is 2. The Kier molecular flexibility index (Phi) is 5.35. The lowest BCUT2D eigenvalue weighted by molar-refractivity contribution is 0.148. The fourth-order valence-electron chi connectivity index (χ4n) is 2.18. The van der Waals surface area contributed by atoms with Gasteiger partial charge in [0.15, 0.2) is 0 Å². The summed E-state index contributed by atoms with van der Waals surface area (Å²) < 4.78 is 0. The third kappa shape index (κ3) is 3.16. The zero-order chi connectivity index (χ0) is 12.7. The fourth-order valence-corrected chi connectivity index (χ4v) is 2.18. The molecule has 0 fully saturated rings. The van der Waals surface area contributed by atoms with Crippen molar-refractivity contribution < 1.29 is 10.2 Å². The van der Waals surface area contributed by atoms with Gasteiger partial charge in [-0.25, -0.2) is 0 Å². The van der Waals surface area contributed by atoms with Gasteiger partial charge in [0, 0.05) is 24.7 Å². The predicted octanol–water partition coefficient (Wildman–Crippen LogP) is 1.62. The smallest absolute Gasteiger partial charge is 0.0440 e. The molecule has 1 aromatic rings. The van der Waals surface area contributed by atoms with Crippen molar-refractivity contribution in [3.05, 3.63) is 48.6 Å². The van der Waals surface area contributed by atoms with Crippen LogP contribution in [0.4, 0.5) is 0 Å².